The van der Waals surface area contributed by atoms with Gasteiger partial charge in [-0.1, -0.05) is 12.1 Å². The van der Waals surface area contributed by atoms with E-state index < -0.39 is 16.0 Å². The van der Waals surface area contributed by atoms with Gasteiger partial charge in [0.2, 0.25) is 10.0 Å². The molecule has 2 N–H and O–H groups in total. The second kappa shape index (κ2) is 5.54. The minimum Gasteiger partial charge on any atom is -0.481 e. The maximum Gasteiger partial charge on any atom is 0.303 e. The fourth-order valence-corrected chi connectivity index (χ4v) is 3.74. The van der Waals surface area contributed by atoms with Gasteiger partial charge in [0.05, 0.1) is 4.90 Å². The molecule has 1 aromatic rings. The third-order valence-corrected chi connectivity index (χ3v) is 5.35. The third-order valence-electron chi connectivity index (χ3n) is 3.70. The highest BCUT2D eigenvalue weighted by Crippen LogP contribution is 2.32. The molecule has 6 heteroatoms. The molecule has 1 aliphatic rings. The van der Waals surface area contributed by atoms with E-state index in [4.69, 9.17) is 5.11 Å². The highest BCUT2D eigenvalue weighted by Gasteiger charge is 2.36. The molecule has 5 nitrogen and oxygen atoms in total. The highest BCUT2D eigenvalue weighted by atomic mass is 32.2. The fourth-order valence-electron chi connectivity index (χ4n) is 2.28. The van der Waals surface area contributed by atoms with E-state index in [1.807, 2.05) is 6.92 Å². The Kier molecular flexibility index (Phi) is 4.15. The van der Waals surface area contributed by atoms with E-state index in [1.165, 1.54) is 12.1 Å². The highest BCUT2D eigenvalue weighted by molar-refractivity contribution is 7.89. The topological polar surface area (TPSA) is 83.5 Å². The minimum atomic E-state index is -3.49. The number of hydrogen-bond donors (Lipinski definition) is 2. The summed E-state index contributed by atoms with van der Waals surface area (Å²) in [5.41, 5.74) is 0.502. The van der Waals surface area contributed by atoms with Gasteiger partial charge >= 0.3 is 5.97 Å². The van der Waals surface area contributed by atoms with Crippen LogP contribution in [0.25, 0.3) is 0 Å². The number of hydrogen-bond acceptors (Lipinski definition) is 3. The maximum atomic E-state index is 12.2. The first kappa shape index (κ1) is 15.0. The van der Waals surface area contributed by atoms with E-state index in [2.05, 4.69) is 4.72 Å². The molecule has 110 valence electrons. The predicted molar refractivity (Wildman–Crippen MR) is 75.0 cm³/mol. The van der Waals surface area contributed by atoms with Crippen molar-refractivity contribution in [3.05, 3.63) is 29.8 Å². The lowest BCUT2D eigenvalue weighted by atomic mass is 9.80. The lowest BCUT2D eigenvalue weighted by Gasteiger charge is -2.38. The molecule has 1 aromatic carbocycles. The fraction of sp³-hybridized carbons (Fsp3) is 0.500. The number of aliphatic carboxylic acids is 1. The molecule has 0 amide bonds. The summed E-state index contributed by atoms with van der Waals surface area (Å²) in [6, 6.07) is 6.39. The van der Waals surface area contributed by atoms with Crippen molar-refractivity contribution in [2.75, 3.05) is 0 Å². The average molecular weight is 297 g/mol. The largest absolute Gasteiger partial charge is 0.481 e. The molecule has 0 heterocycles. The molecule has 0 spiro atoms. The van der Waals surface area contributed by atoms with Crippen LogP contribution in [0.1, 0.15) is 38.2 Å². The Morgan fingerprint density at radius 1 is 1.30 bits per heavy atom. The van der Waals surface area contributed by atoms with Gasteiger partial charge in [0.15, 0.2) is 0 Å². The number of rotatable bonds is 6. The number of aryl methyl sites for hydroxylation is 1. The Hall–Kier alpha value is -1.40. The molecular weight excluding hydrogens is 278 g/mol. The van der Waals surface area contributed by atoms with Gasteiger partial charge in [0, 0.05) is 12.0 Å². The van der Waals surface area contributed by atoms with Crippen LogP contribution in [0.2, 0.25) is 0 Å². The Balaban J connectivity index is 2.06. The smallest absolute Gasteiger partial charge is 0.303 e. The molecule has 1 aliphatic carbocycles. The molecule has 0 saturated heterocycles. The van der Waals surface area contributed by atoms with E-state index in [0.717, 1.165) is 24.8 Å². The Morgan fingerprint density at radius 3 is 2.35 bits per heavy atom. The molecule has 1 saturated carbocycles. The number of nitrogens with one attached hydrogen (secondary N) is 1. The Bertz CT molecular complexity index is 588. The zero-order chi connectivity index (χ0) is 14.8. The summed E-state index contributed by atoms with van der Waals surface area (Å²) < 4.78 is 27.2. The average Bonchev–Trinajstić information content (AvgIpc) is 2.34. The van der Waals surface area contributed by atoms with Crippen molar-refractivity contribution >= 4 is 16.0 Å². The van der Waals surface area contributed by atoms with E-state index >= 15 is 0 Å². The number of carbonyl (C=O) groups is 1. The summed E-state index contributed by atoms with van der Waals surface area (Å²) in [6.07, 6.45) is 3.22. The van der Waals surface area contributed by atoms with E-state index in [-0.39, 0.29) is 16.9 Å². The van der Waals surface area contributed by atoms with Gasteiger partial charge in [0.1, 0.15) is 0 Å². The summed E-state index contributed by atoms with van der Waals surface area (Å²) in [4.78, 5) is 10.7. The first-order valence-corrected chi connectivity index (χ1v) is 8.14. The van der Waals surface area contributed by atoms with Gasteiger partial charge in [-0.2, -0.15) is 0 Å². The van der Waals surface area contributed by atoms with Gasteiger partial charge in [-0.3, -0.25) is 4.79 Å². The standard InChI is InChI=1S/C14H19NO4S/c1-14(9-2-10-14)15-20(18,19)12-6-3-11(4-7-12)5-8-13(16)17/h3-4,6-7,15H,2,5,8-10H2,1H3,(H,16,17). The quantitative estimate of drug-likeness (QED) is 0.840. The number of sulfonamides is 1. The molecule has 2 rings (SSSR count). The molecule has 0 aliphatic heterocycles. The summed E-state index contributed by atoms with van der Waals surface area (Å²) in [6.45, 7) is 1.91. The third kappa shape index (κ3) is 3.58. The SMILES string of the molecule is CC1(NS(=O)(=O)c2ccc(CCC(=O)O)cc2)CCC1. The minimum absolute atomic E-state index is 0.0441. The van der Waals surface area contributed by atoms with Crippen molar-refractivity contribution in [1.82, 2.24) is 4.72 Å². The van der Waals surface area contributed by atoms with E-state index in [1.54, 1.807) is 12.1 Å². The molecule has 0 aromatic heterocycles. The molecule has 0 bridgehead atoms. The number of benzene rings is 1. The molecule has 0 atom stereocenters. The lowest BCUT2D eigenvalue weighted by Crippen LogP contribution is -2.50. The van der Waals surface area contributed by atoms with Crippen molar-refractivity contribution in [2.24, 2.45) is 0 Å². The maximum absolute atomic E-state index is 12.2. The second-order valence-electron chi connectivity index (χ2n) is 5.56. The molecule has 1 fully saturated rings. The number of carboxylic acids is 1. The van der Waals surface area contributed by atoms with Crippen LogP contribution in [0.15, 0.2) is 29.2 Å². The van der Waals surface area contributed by atoms with Crippen LogP contribution in [0, 0.1) is 0 Å². The summed E-state index contributed by atoms with van der Waals surface area (Å²) in [7, 11) is -3.49. The molecule has 20 heavy (non-hydrogen) atoms. The predicted octanol–water partition coefficient (Wildman–Crippen LogP) is 1.92. The van der Waals surface area contributed by atoms with Crippen molar-refractivity contribution in [1.29, 1.82) is 0 Å². The second-order valence-corrected chi connectivity index (χ2v) is 7.24. The molecule has 0 radical (unpaired) electrons. The summed E-state index contributed by atoms with van der Waals surface area (Å²) in [5, 5.41) is 8.61. The van der Waals surface area contributed by atoms with E-state index in [9.17, 15) is 13.2 Å². The zero-order valence-electron chi connectivity index (χ0n) is 11.4. The lowest BCUT2D eigenvalue weighted by molar-refractivity contribution is -0.136. The first-order valence-electron chi connectivity index (χ1n) is 6.65. The van der Waals surface area contributed by atoms with Gasteiger partial charge in [-0.25, -0.2) is 13.1 Å². The molecule has 0 unspecified atom stereocenters. The van der Waals surface area contributed by atoms with Crippen LogP contribution in [-0.4, -0.2) is 25.0 Å². The van der Waals surface area contributed by atoms with Gasteiger partial charge in [-0.15, -0.1) is 0 Å². The monoisotopic (exact) mass is 297 g/mol. The van der Waals surface area contributed by atoms with Gasteiger partial charge < -0.3 is 5.11 Å². The van der Waals surface area contributed by atoms with Gasteiger partial charge in [0.25, 0.3) is 0 Å². The van der Waals surface area contributed by atoms with Crippen LogP contribution in [-0.2, 0) is 21.2 Å². The summed E-state index contributed by atoms with van der Waals surface area (Å²) >= 11 is 0. The summed E-state index contributed by atoms with van der Waals surface area (Å²) in [5.74, 6) is -0.860. The normalized spacial score (nSPS) is 17.4. The zero-order valence-corrected chi connectivity index (χ0v) is 12.2. The Morgan fingerprint density at radius 2 is 1.90 bits per heavy atom. The van der Waals surface area contributed by atoms with Crippen molar-refractivity contribution in [3.8, 4) is 0 Å². The van der Waals surface area contributed by atoms with Crippen LogP contribution in [0.3, 0.4) is 0 Å². The van der Waals surface area contributed by atoms with Crippen molar-refractivity contribution in [3.63, 3.8) is 0 Å². The van der Waals surface area contributed by atoms with Gasteiger partial charge in [-0.05, 0) is 50.3 Å². The van der Waals surface area contributed by atoms with Crippen LogP contribution in [0.5, 0.6) is 0 Å². The molecular formula is C14H19NO4S. The van der Waals surface area contributed by atoms with Crippen LogP contribution in [0.4, 0.5) is 0 Å². The van der Waals surface area contributed by atoms with E-state index in [0.29, 0.717) is 6.42 Å². The van der Waals surface area contributed by atoms with Crippen molar-refractivity contribution in [2.45, 2.75) is 49.5 Å². The number of carboxylic acid groups (broad SMARTS) is 1. The van der Waals surface area contributed by atoms with Crippen LogP contribution >= 0.6 is 0 Å². The van der Waals surface area contributed by atoms with Crippen molar-refractivity contribution < 1.29 is 18.3 Å². The first-order chi connectivity index (χ1) is 9.31. The van der Waals surface area contributed by atoms with Crippen LogP contribution < -0.4 is 4.72 Å². The Labute approximate surface area is 119 Å².